The molecule has 0 fully saturated rings. The van der Waals surface area contributed by atoms with E-state index in [0.717, 1.165) is 44.5 Å². The number of furan rings is 1. The van der Waals surface area contributed by atoms with Gasteiger partial charge in [0.2, 0.25) is 0 Å². The van der Waals surface area contributed by atoms with Gasteiger partial charge < -0.3 is 4.42 Å². The lowest BCUT2D eigenvalue weighted by molar-refractivity contribution is 0.669. The van der Waals surface area contributed by atoms with Crippen molar-refractivity contribution in [2.75, 3.05) is 0 Å². The first kappa shape index (κ1) is 26.9. The third-order valence-corrected chi connectivity index (χ3v) is 9.23. The summed E-state index contributed by atoms with van der Waals surface area (Å²) < 4.78 is 8.82. The highest BCUT2D eigenvalue weighted by molar-refractivity contribution is 6.58. The summed E-state index contributed by atoms with van der Waals surface area (Å²) >= 11 is 0. The third kappa shape index (κ3) is 4.00. The van der Waals surface area contributed by atoms with E-state index in [-0.39, 0.29) is 5.11 Å². The van der Waals surface area contributed by atoms with Crippen LogP contribution in [0.3, 0.4) is 0 Å². The standard InChI is InChI=1S/C40H29B3N2O/c41-40(42,43)39-44-32-17-7-8-18-33(32)45(39)38-27-14-5-4-13-26(27)36(31-23-25(21-22-28(31)38)24-11-2-1-3-12-24)30-16-10-20-35-37(30)29-15-6-9-19-34(29)46-35/h1-23H,41-43H2. The van der Waals surface area contributed by atoms with Gasteiger partial charge in [-0.15, -0.1) is 0 Å². The van der Waals surface area contributed by atoms with Crippen LogP contribution in [0, 0.1) is 0 Å². The Kier molecular flexibility index (Phi) is 5.85. The molecule has 0 amide bonds. The Hall–Kier alpha value is -5.48. The Morgan fingerprint density at radius 3 is 2.04 bits per heavy atom. The van der Waals surface area contributed by atoms with Gasteiger partial charge >= 0.3 is 0 Å². The molecule has 0 bridgehead atoms. The Bertz CT molecular complexity index is 2630. The topological polar surface area (TPSA) is 31.0 Å². The smallest absolute Gasteiger partial charge is 0.136 e. The Morgan fingerprint density at radius 1 is 0.543 bits per heavy atom. The molecular formula is C40H29B3N2O. The predicted molar refractivity (Wildman–Crippen MR) is 202 cm³/mol. The van der Waals surface area contributed by atoms with E-state index in [9.17, 15) is 0 Å². The van der Waals surface area contributed by atoms with Gasteiger partial charge in [0.1, 0.15) is 11.2 Å². The zero-order valence-corrected chi connectivity index (χ0v) is 26.1. The van der Waals surface area contributed by atoms with Crippen LogP contribution in [0.4, 0.5) is 0 Å². The number of benzene rings is 7. The van der Waals surface area contributed by atoms with Crippen LogP contribution in [0.25, 0.3) is 82.5 Å². The molecule has 6 heteroatoms. The highest BCUT2D eigenvalue weighted by Gasteiger charge is 2.27. The lowest BCUT2D eigenvalue weighted by Crippen LogP contribution is -2.31. The molecule has 0 saturated heterocycles. The van der Waals surface area contributed by atoms with E-state index in [4.69, 9.17) is 9.40 Å². The second-order valence-electron chi connectivity index (χ2n) is 13.2. The van der Waals surface area contributed by atoms with E-state index in [2.05, 4.69) is 162 Å². The fourth-order valence-electron chi connectivity index (χ4n) is 7.24. The molecule has 9 aromatic rings. The molecule has 0 N–H and O–H groups in total. The summed E-state index contributed by atoms with van der Waals surface area (Å²) in [4.78, 5) is 5.24. The zero-order chi connectivity index (χ0) is 31.0. The minimum absolute atomic E-state index is 0.184. The quantitative estimate of drug-likeness (QED) is 0.157. The summed E-state index contributed by atoms with van der Waals surface area (Å²) in [5, 5.41) is 6.87. The number of aromatic nitrogens is 2. The minimum atomic E-state index is -0.184. The molecule has 0 aliphatic rings. The van der Waals surface area contributed by atoms with Gasteiger partial charge in [0.05, 0.1) is 46.1 Å². The molecular weight excluding hydrogens is 557 g/mol. The van der Waals surface area contributed by atoms with Crippen molar-refractivity contribution >= 4 is 78.1 Å². The first-order valence-electron chi connectivity index (χ1n) is 15.9. The molecule has 7 aromatic carbocycles. The zero-order valence-electron chi connectivity index (χ0n) is 26.1. The maximum atomic E-state index is 6.40. The van der Waals surface area contributed by atoms with E-state index < -0.39 is 0 Å². The van der Waals surface area contributed by atoms with Crippen LogP contribution in [0.1, 0.15) is 5.82 Å². The van der Waals surface area contributed by atoms with E-state index in [1.165, 1.54) is 43.8 Å². The van der Waals surface area contributed by atoms with Gasteiger partial charge in [-0.2, -0.15) is 0 Å². The Morgan fingerprint density at radius 2 is 1.22 bits per heavy atom. The Balaban J connectivity index is 1.51. The van der Waals surface area contributed by atoms with Gasteiger partial charge in [-0.3, -0.25) is 4.57 Å². The summed E-state index contributed by atoms with van der Waals surface area (Å²) in [7, 11) is 6.76. The van der Waals surface area contributed by atoms with Gasteiger partial charge in [0.15, 0.2) is 0 Å². The van der Waals surface area contributed by atoms with Crippen molar-refractivity contribution < 1.29 is 4.42 Å². The fraction of sp³-hybridized carbons (Fsp3) is 0.0250. The fourth-order valence-corrected chi connectivity index (χ4v) is 7.24. The van der Waals surface area contributed by atoms with Crippen molar-refractivity contribution in [3.63, 3.8) is 0 Å². The predicted octanol–water partition coefficient (Wildman–Crippen LogP) is 7.57. The summed E-state index contributed by atoms with van der Waals surface area (Å²) in [5.74, 6) is 1.04. The number of nitrogens with zero attached hydrogens (tertiary/aromatic N) is 2. The van der Waals surface area contributed by atoms with E-state index >= 15 is 0 Å². The highest BCUT2D eigenvalue weighted by Crippen LogP contribution is 2.47. The second kappa shape index (κ2) is 10.0. The van der Waals surface area contributed by atoms with Crippen molar-refractivity contribution in [2.24, 2.45) is 0 Å². The largest absolute Gasteiger partial charge is 0.456 e. The average Bonchev–Trinajstić information content (AvgIpc) is 3.67. The molecule has 2 heterocycles. The SMILES string of the molecule is BC(B)(B)c1nc2ccccc2n1-c1c2ccccc2c(-c2cccc3oc4ccccc4c23)c2cc(-c3ccccc3)ccc12. The van der Waals surface area contributed by atoms with Gasteiger partial charge in [-0.1, -0.05) is 114 Å². The van der Waals surface area contributed by atoms with Crippen LogP contribution in [0.15, 0.2) is 144 Å². The molecule has 46 heavy (non-hydrogen) atoms. The van der Waals surface area contributed by atoms with Crippen LogP contribution >= 0.6 is 0 Å². The van der Waals surface area contributed by atoms with Crippen molar-refractivity contribution in [1.29, 1.82) is 0 Å². The van der Waals surface area contributed by atoms with Crippen molar-refractivity contribution in [3.05, 3.63) is 145 Å². The van der Waals surface area contributed by atoms with Gasteiger partial charge in [0.25, 0.3) is 0 Å². The van der Waals surface area contributed by atoms with Crippen LogP contribution in [0.2, 0.25) is 0 Å². The molecule has 2 aromatic heterocycles. The minimum Gasteiger partial charge on any atom is -0.456 e. The van der Waals surface area contributed by atoms with Crippen LogP contribution in [-0.4, -0.2) is 33.1 Å². The summed E-state index contributed by atoms with van der Waals surface area (Å²) in [5.41, 5.74) is 9.85. The van der Waals surface area contributed by atoms with Crippen molar-refractivity contribution in [1.82, 2.24) is 9.55 Å². The molecule has 214 valence electrons. The average molecular weight is 586 g/mol. The van der Waals surface area contributed by atoms with Gasteiger partial charge in [-0.05, 0) is 63.4 Å². The first-order valence-corrected chi connectivity index (χ1v) is 15.9. The van der Waals surface area contributed by atoms with Crippen molar-refractivity contribution in [3.8, 4) is 27.9 Å². The maximum Gasteiger partial charge on any atom is 0.136 e. The van der Waals surface area contributed by atoms with E-state index in [1.54, 1.807) is 0 Å². The second-order valence-corrected chi connectivity index (χ2v) is 13.2. The Labute approximate surface area is 269 Å². The molecule has 0 aliphatic heterocycles. The molecule has 0 unspecified atom stereocenters. The number of rotatable bonds is 4. The summed E-state index contributed by atoms with van der Waals surface area (Å²) in [6, 6.07) is 49.8. The first-order chi connectivity index (χ1) is 22.5. The summed E-state index contributed by atoms with van der Waals surface area (Å²) in [6.07, 6.45) is 0. The highest BCUT2D eigenvalue weighted by atomic mass is 16.3. The van der Waals surface area contributed by atoms with E-state index in [1.807, 2.05) is 6.07 Å². The number of imidazole rings is 1. The molecule has 0 radical (unpaired) electrons. The molecule has 0 saturated carbocycles. The van der Waals surface area contributed by atoms with E-state index in [0.29, 0.717) is 0 Å². The molecule has 0 aliphatic carbocycles. The van der Waals surface area contributed by atoms with Gasteiger partial charge in [0, 0.05) is 21.5 Å². The number of hydrogen-bond donors (Lipinski definition) is 0. The molecule has 9 rings (SSSR count). The monoisotopic (exact) mass is 586 g/mol. The maximum absolute atomic E-state index is 6.40. The van der Waals surface area contributed by atoms with Crippen molar-refractivity contribution in [2.45, 2.75) is 5.11 Å². The molecule has 3 nitrogen and oxygen atoms in total. The summed E-state index contributed by atoms with van der Waals surface area (Å²) in [6.45, 7) is 0. The number of hydrogen-bond acceptors (Lipinski definition) is 2. The van der Waals surface area contributed by atoms with Crippen LogP contribution in [0.5, 0.6) is 0 Å². The normalized spacial score (nSPS) is 12.2. The molecule has 0 spiro atoms. The lowest BCUT2D eigenvalue weighted by atomic mass is 9.42. The number of para-hydroxylation sites is 3. The van der Waals surface area contributed by atoms with Crippen LogP contribution in [-0.2, 0) is 5.11 Å². The number of fused-ring (bicyclic) bond motifs is 6. The van der Waals surface area contributed by atoms with Gasteiger partial charge in [-0.25, -0.2) is 4.98 Å². The third-order valence-electron chi connectivity index (χ3n) is 9.23. The lowest BCUT2D eigenvalue weighted by Gasteiger charge is -2.24. The van der Waals surface area contributed by atoms with Crippen LogP contribution < -0.4 is 0 Å². The molecule has 0 atom stereocenters.